The minimum absolute atomic E-state index is 0.0448. The van der Waals surface area contributed by atoms with Gasteiger partial charge in [-0.15, -0.1) is 0 Å². The number of pyridine rings is 1. The van der Waals surface area contributed by atoms with Gasteiger partial charge in [-0.25, -0.2) is 12.7 Å². The van der Waals surface area contributed by atoms with Gasteiger partial charge < -0.3 is 15.4 Å². The molecule has 0 bridgehead atoms. The van der Waals surface area contributed by atoms with E-state index >= 15 is 0 Å². The van der Waals surface area contributed by atoms with E-state index in [9.17, 15) is 18.5 Å². The number of fused-ring (bicyclic) bond motifs is 1. The van der Waals surface area contributed by atoms with Crippen molar-refractivity contribution in [2.24, 2.45) is 0 Å². The zero-order valence-corrected chi connectivity index (χ0v) is 13.4. The Bertz CT molecular complexity index is 839. The SMILES string of the molecule is CS(=O)(=O)N1CCC(Nc2nc3ccccn3c2[N+](=O)[O-])CC1. The molecule has 2 aromatic heterocycles. The van der Waals surface area contributed by atoms with Crippen molar-refractivity contribution >= 4 is 27.3 Å². The number of hydrogen-bond donors (Lipinski definition) is 1. The number of imidazole rings is 1. The number of sulfonamides is 1. The lowest BCUT2D eigenvalue weighted by Gasteiger charge is -2.30. The first-order valence-electron chi connectivity index (χ1n) is 7.19. The van der Waals surface area contributed by atoms with Gasteiger partial charge >= 0.3 is 5.82 Å². The molecule has 1 aliphatic rings. The summed E-state index contributed by atoms with van der Waals surface area (Å²) in [6, 6.07) is 5.12. The average Bonchev–Trinajstić information content (AvgIpc) is 2.84. The Morgan fingerprint density at radius 1 is 1.35 bits per heavy atom. The maximum absolute atomic E-state index is 11.5. The first-order chi connectivity index (χ1) is 10.9. The molecular formula is C13H17N5O4S. The third-order valence-electron chi connectivity index (χ3n) is 3.94. The summed E-state index contributed by atoms with van der Waals surface area (Å²) in [6.45, 7) is 0.801. The molecule has 10 heteroatoms. The molecular weight excluding hydrogens is 322 g/mol. The highest BCUT2D eigenvalue weighted by atomic mass is 32.2. The number of rotatable bonds is 4. The van der Waals surface area contributed by atoms with Gasteiger partial charge in [0, 0.05) is 25.2 Å². The normalized spacial score (nSPS) is 17.4. The van der Waals surface area contributed by atoms with Crippen molar-refractivity contribution in [2.45, 2.75) is 18.9 Å². The van der Waals surface area contributed by atoms with Gasteiger partial charge in [0.1, 0.15) is 0 Å². The molecule has 0 radical (unpaired) electrons. The zero-order chi connectivity index (χ0) is 16.6. The summed E-state index contributed by atoms with van der Waals surface area (Å²) in [5, 5.41) is 14.4. The molecule has 0 aliphatic carbocycles. The molecule has 23 heavy (non-hydrogen) atoms. The molecule has 2 aromatic rings. The van der Waals surface area contributed by atoms with Gasteiger partial charge in [-0.1, -0.05) is 6.07 Å². The van der Waals surface area contributed by atoms with E-state index in [1.54, 1.807) is 24.4 Å². The summed E-state index contributed by atoms with van der Waals surface area (Å²) in [4.78, 5) is 15.1. The number of hydrogen-bond acceptors (Lipinski definition) is 6. The van der Waals surface area contributed by atoms with Gasteiger partial charge in [0.25, 0.3) is 0 Å². The molecule has 1 N–H and O–H groups in total. The Kier molecular flexibility index (Phi) is 3.94. The Labute approximate surface area is 133 Å². The highest BCUT2D eigenvalue weighted by Crippen LogP contribution is 2.27. The number of aromatic nitrogens is 2. The van der Waals surface area contributed by atoms with Crippen LogP contribution in [-0.2, 0) is 10.0 Å². The zero-order valence-electron chi connectivity index (χ0n) is 12.5. The lowest BCUT2D eigenvalue weighted by molar-refractivity contribution is -0.389. The molecule has 3 heterocycles. The van der Waals surface area contributed by atoms with Crippen LogP contribution in [0.1, 0.15) is 12.8 Å². The van der Waals surface area contributed by atoms with E-state index in [0.717, 1.165) is 0 Å². The van der Waals surface area contributed by atoms with Gasteiger partial charge in [0.15, 0.2) is 0 Å². The smallest absolute Gasteiger partial charge is 0.360 e. The van der Waals surface area contributed by atoms with E-state index in [0.29, 0.717) is 31.6 Å². The van der Waals surface area contributed by atoms with E-state index in [1.165, 1.54) is 15.0 Å². The van der Waals surface area contributed by atoms with Gasteiger partial charge in [-0.2, -0.15) is 9.38 Å². The van der Waals surface area contributed by atoms with E-state index in [1.807, 2.05) is 0 Å². The second-order valence-corrected chi connectivity index (χ2v) is 7.53. The standard InChI is InChI=1S/C13H17N5O4S/c1-23(21,22)16-8-5-10(6-9-16)14-12-13(18(19)20)17-7-3-2-4-11(17)15-12/h2-4,7,10,14H,5-6,8-9H2,1H3. The average molecular weight is 339 g/mol. The summed E-state index contributed by atoms with van der Waals surface area (Å²) in [7, 11) is -3.19. The third kappa shape index (κ3) is 3.13. The highest BCUT2D eigenvalue weighted by molar-refractivity contribution is 7.88. The fourth-order valence-corrected chi connectivity index (χ4v) is 3.65. The molecule has 1 saturated heterocycles. The molecule has 1 fully saturated rings. The Morgan fingerprint density at radius 2 is 2.04 bits per heavy atom. The minimum atomic E-state index is -3.19. The number of anilines is 1. The van der Waals surface area contributed by atoms with Crippen molar-refractivity contribution in [1.29, 1.82) is 0 Å². The number of nitro groups is 1. The van der Waals surface area contributed by atoms with Crippen LogP contribution >= 0.6 is 0 Å². The molecule has 0 saturated carbocycles. The first kappa shape index (κ1) is 15.7. The van der Waals surface area contributed by atoms with Crippen molar-refractivity contribution in [2.75, 3.05) is 24.7 Å². The van der Waals surface area contributed by atoms with E-state index < -0.39 is 14.9 Å². The quantitative estimate of drug-likeness (QED) is 0.659. The van der Waals surface area contributed by atoms with E-state index in [4.69, 9.17) is 0 Å². The van der Waals surface area contributed by atoms with Crippen molar-refractivity contribution in [3.63, 3.8) is 0 Å². The van der Waals surface area contributed by atoms with Crippen LogP contribution in [0.15, 0.2) is 24.4 Å². The van der Waals surface area contributed by atoms with Gasteiger partial charge in [0.05, 0.1) is 12.5 Å². The summed E-state index contributed by atoms with van der Waals surface area (Å²) in [5.41, 5.74) is 0.496. The number of piperidine rings is 1. The first-order valence-corrected chi connectivity index (χ1v) is 9.04. The molecule has 0 unspecified atom stereocenters. The van der Waals surface area contributed by atoms with Crippen LogP contribution in [0.2, 0.25) is 0 Å². The third-order valence-corrected chi connectivity index (χ3v) is 5.24. The van der Waals surface area contributed by atoms with E-state index in [-0.39, 0.29) is 17.7 Å². The second kappa shape index (κ2) is 5.78. The Hall–Kier alpha value is -2.20. The summed E-state index contributed by atoms with van der Waals surface area (Å²) >= 11 is 0. The van der Waals surface area contributed by atoms with Crippen LogP contribution < -0.4 is 5.32 Å². The Balaban J connectivity index is 1.80. The van der Waals surface area contributed by atoms with Crippen LogP contribution in [0.25, 0.3) is 5.65 Å². The molecule has 124 valence electrons. The monoisotopic (exact) mass is 339 g/mol. The lowest BCUT2D eigenvalue weighted by atomic mass is 10.1. The fourth-order valence-electron chi connectivity index (χ4n) is 2.78. The molecule has 0 aromatic carbocycles. The molecule has 9 nitrogen and oxygen atoms in total. The van der Waals surface area contributed by atoms with Gasteiger partial charge in [-0.3, -0.25) is 0 Å². The van der Waals surface area contributed by atoms with Crippen LogP contribution in [0.4, 0.5) is 11.6 Å². The largest absolute Gasteiger partial charge is 0.372 e. The maximum atomic E-state index is 11.5. The number of nitrogens with one attached hydrogen (secondary N) is 1. The van der Waals surface area contributed by atoms with Gasteiger partial charge in [-0.05, 0) is 23.8 Å². The minimum Gasteiger partial charge on any atom is -0.360 e. The summed E-state index contributed by atoms with van der Waals surface area (Å²) < 4.78 is 25.9. The second-order valence-electron chi connectivity index (χ2n) is 5.55. The highest BCUT2D eigenvalue weighted by Gasteiger charge is 2.28. The predicted molar refractivity (Wildman–Crippen MR) is 84.9 cm³/mol. The molecule has 1 aliphatic heterocycles. The Morgan fingerprint density at radius 3 is 2.65 bits per heavy atom. The van der Waals surface area contributed by atoms with Gasteiger partial charge in [0.2, 0.25) is 21.5 Å². The molecule has 0 atom stereocenters. The van der Waals surface area contributed by atoms with Crippen LogP contribution in [0, 0.1) is 10.1 Å². The van der Waals surface area contributed by atoms with Crippen LogP contribution in [0.3, 0.4) is 0 Å². The number of nitrogens with zero attached hydrogens (tertiary/aromatic N) is 4. The molecule has 3 rings (SSSR count). The predicted octanol–water partition coefficient (Wildman–Crippen LogP) is 1.08. The molecule has 0 amide bonds. The van der Waals surface area contributed by atoms with Crippen LogP contribution in [-0.4, -0.2) is 52.4 Å². The summed E-state index contributed by atoms with van der Waals surface area (Å²) in [5.74, 6) is 0.116. The fraction of sp³-hybridized carbons (Fsp3) is 0.462. The maximum Gasteiger partial charge on any atom is 0.372 e. The lowest BCUT2D eigenvalue weighted by Crippen LogP contribution is -2.41. The van der Waals surface area contributed by atoms with E-state index in [2.05, 4.69) is 10.3 Å². The van der Waals surface area contributed by atoms with Crippen molar-refractivity contribution in [3.8, 4) is 0 Å². The van der Waals surface area contributed by atoms with Crippen molar-refractivity contribution in [1.82, 2.24) is 13.7 Å². The molecule has 0 spiro atoms. The summed E-state index contributed by atoms with van der Waals surface area (Å²) in [6.07, 6.45) is 3.95. The van der Waals surface area contributed by atoms with Crippen molar-refractivity contribution < 1.29 is 13.3 Å². The topological polar surface area (TPSA) is 110 Å². The van der Waals surface area contributed by atoms with Crippen molar-refractivity contribution in [3.05, 3.63) is 34.5 Å². The van der Waals surface area contributed by atoms with Crippen LogP contribution in [0.5, 0.6) is 0 Å².